The Labute approximate surface area is 120 Å². The summed E-state index contributed by atoms with van der Waals surface area (Å²) >= 11 is 0. The van der Waals surface area contributed by atoms with Gasteiger partial charge in [0.05, 0.1) is 12.5 Å². The summed E-state index contributed by atoms with van der Waals surface area (Å²) in [5, 5.41) is 2.64. The molecule has 0 spiro atoms. The normalized spacial score (nSPS) is 11.8. The van der Waals surface area contributed by atoms with Crippen molar-refractivity contribution in [2.75, 3.05) is 25.9 Å². The van der Waals surface area contributed by atoms with E-state index >= 15 is 0 Å². The minimum absolute atomic E-state index is 0.224. The molecule has 1 N–H and O–H groups in total. The summed E-state index contributed by atoms with van der Waals surface area (Å²) in [6.07, 6.45) is 5.46. The van der Waals surface area contributed by atoms with Crippen LogP contribution in [0.15, 0.2) is 22.8 Å². The van der Waals surface area contributed by atoms with Gasteiger partial charge in [-0.15, -0.1) is 0 Å². The van der Waals surface area contributed by atoms with Crippen LogP contribution in [0.5, 0.6) is 0 Å². The van der Waals surface area contributed by atoms with Crippen molar-refractivity contribution < 1.29 is 17.6 Å². The minimum Gasteiger partial charge on any atom is -0.459 e. The molecule has 0 aliphatic heterocycles. The van der Waals surface area contributed by atoms with E-state index in [9.17, 15) is 13.2 Å². The Morgan fingerprint density at radius 1 is 1.35 bits per heavy atom. The van der Waals surface area contributed by atoms with E-state index < -0.39 is 10.0 Å². The molecule has 0 bridgehead atoms. The molecule has 1 heterocycles. The largest absolute Gasteiger partial charge is 0.459 e. The fourth-order valence-corrected chi connectivity index (χ4v) is 2.65. The Hall–Kier alpha value is -1.34. The lowest BCUT2D eigenvalue weighted by Crippen LogP contribution is -2.38. The Morgan fingerprint density at radius 2 is 2.10 bits per heavy atom. The molecule has 0 saturated heterocycles. The fraction of sp³-hybridized carbons (Fsp3) is 0.615. The molecule has 114 valence electrons. The monoisotopic (exact) mass is 302 g/mol. The zero-order valence-corrected chi connectivity index (χ0v) is 12.8. The van der Waals surface area contributed by atoms with Crippen molar-refractivity contribution in [1.29, 1.82) is 0 Å². The van der Waals surface area contributed by atoms with Crippen molar-refractivity contribution in [3.8, 4) is 0 Å². The highest BCUT2D eigenvalue weighted by Crippen LogP contribution is 2.03. The van der Waals surface area contributed by atoms with Gasteiger partial charge in [0.25, 0.3) is 5.91 Å². The van der Waals surface area contributed by atoms with E-state index in [2.05, 4.69) is 12.2 Å². The average molecular weight is 302 g/mol. The second-order valence-electron chi connectivity index (χ2n) is 4.60. The zero-order chi connectivity index (χ0) is 15.0. The Balaban J connectivity index is 2.40. The zero-order valence-electron chi connectivity index (χ0n) is 12.0. The Kier molecular flexibility index (Phi) is 6.74. The van der Waals surface area contributed by atoms with Crippen LogP contribution in [0, 0.1) is 0 Å². The number of sulfonamides is 1. The molecule has 1 aromatic heterocycles. The number of furan rings is 1. The SMILES string of the molecule is CCCCCN(CCNC(=O)c1ccco1)S(C)(=O)=O. The lowest BCUT2D eigenvalue weighted by atomic mass is 10.2. The maximum absolute atomic E-state index is 11.6. The van der Waals surface area contributed by atoms with Gasteiger partial charge < -0.3 is 9.73 Å². The van der Waals surface area contributed by atoms with Gasteiger partial charge in [0.1, 0.15) is 0 Å². The number of hydrogen-bond donors (Lipinski definition) is 1. The standard InChI is InChI=1S/C13H22N2O4S/c1-3-4-5-9-15(20(2,17)18)10-8-14-13(16)12-7-6-11-19-12/h6-7,11H,3-5,8-10H2,1-2H3,(H,14,16). The summed E-state index contributed by atoms with van der Waals surface area (Å²) in [5.41, 5.74) is 0. The van der Waals surface area contributed by atoms with Gasteiger partial charge in [-0.2, -0.15) is 0 Å². The highest BCUT2D eigenvalue weighted by Gasteiger charge is 2.16. The lowest BCUT2D eigenvalue weighted by Gasteiger charge is -2.19. The molecule has 0 fully saturated rings. The van der Waals surface area contributed by atoms with Crippen molar-refractivity contribution in [2.24, 2.45) is 0 Å². The second-order valence-corrected chi connectivity index (χ2v) is 6.58. The van der Waals surface area contributed by atoms with Crippen LogP contribution in [0.2, 0.25) is 0 Å². The lowest BCUT2D eigenvalue weighted by molar-refractivity contribution is 0.0924. The van der Waals surface area contributed by atoms with E-state index in [-0.39, 0.29) is 24.8 Å². The molecule has 6 nitrogen and oxygen atoms in total. The quantitative estimate of drug-likeness (QED) is 0.700. The fourth-order valence-electron chi connectivity index (χ4n) is 1.77. The molecule has 0 aliphatic carbocycles. The topological polar surface area (TPSA) is 79.6 Å². The first-order valence-electron chi connectivity index (χ1n) is 6.72. The van der Waals surface area contributed by atoms with E-state index in [1.54, 1.807) is 12.1 Å². The molecule has 0 unspecified atom stereocenters. The predicted octanol–water partition coefficient (Wildman–Crippen LogP) is 1.46. The highest BCUT2D eigenvalue weighted by atomic mass is 32.2. The van der Waals surface area contributed by atoms with E-state index in [1.165, 1.54) is 16.8 Å². The number of carbonyl (C=O) groups excluding carboxylic acids is 1. The first-order chi connectivity index (χ1) is 9.45. The molecule has 0 aromatic carbocycles. The third-order valence-corrected chi connectivity index (χ3v) is 4.17. The third kappa shape index (κ3) is 5.75. The maximum Gasteiger partial charge on any atom is 0.287 e. The molecule has 7 heteroatoms. The summed E-state index contributed by atoms with van der Waals surface area (Å²) in [5.74, 6) is -0.112. The molecule has 1 rings (SSSR count). The van der Waals surface area contributed by atoms with Gasteiger partial charge in [-0.05, 0) is 18.6 Å². The molecule has 1 aromatic rings. The Morgan fingerprint density at radius 3 is 2.65 bits per heavy atom. The first kappa shape index (κ1) is 16.7. The first-order valence-corrected chi connectivity index (χ1v) is 8.56. The molecular formula is C13H22N2O4S. The summed E-state index contributed by atoms with van der Waals surface area (Å²) in [6, 6.07) is 3.19. The molecule has 1 amide bonds. The summed E-state index contributed by atoms with van der Waals surface area (Å²) in [7, 11) is -3.24. The van der Waals surface area contributed by atoms with Crippen molar-refractivity contribution >= 4 is 15.9 Å². The van der Waals surface area contributed by atoms with Gasteiger partial charge in [-0.1, -0.05) is 19.8 Å². The van der Waals surface area contributed by atoms with Gasteiger partial charge in [0.15, 0.2) is 5.76 Å². The third-order valence-electron chi connectivity index (χ3n) is 2.87. The number of hydrogen-bond acceptors (Lipinski definition) is 4. The number of nitrogens with zero attached hydrogens (tertiary/aromatic N) is 1. The van der Waals surface area contributed by atoms with Crippen LogP contribution in [0.3, 0.4) is 0 Å². The van der Waals surface area contributed by atoms with Crippen molar-refractivity contribution in [1.82, 2.24) is 9.62 Å². The van der Waals surface area contributed by atoms with Crippen molar-refractivity contribution in [3.63, 3.8) is 0 Å². The number of rotatable bonds is 9. The average Bonchev–Trinajstić information content (AvgIpc) is 2.89. The van der Waals surface area contributed by atoms with Crippen LogP contribution >= 0.6 is 0 Å². The van der Waals surface area contributed by atoms with Gasteiger partial charge in [0.2, 0.25) is 10.0 Å². The second kappa shape index (κ2) is 8.06. The molecule has 0 aliphatic rings. The van der Waals surface area contributed by atoms with Crippen molar-refractivity contribution in [3.05, 3.63) is 24.2 Å². The van der Waals surface area contributed by atoms with E-state index in [0.717, 1.165) is 19.3 Å². The summed E-state index contributed by atoms with van der Waals surface area (Å²) in [4.78, 5) is 11.6. The molecule has 0 radical (unpaired) electrons. The highest BCUT2D eigenvalue weighted by molar-refractivity contribution is 7.88. The van der Waals surface area contributed by atoms with E-state index in [1.807, 2.05) is 0 Å². The molecule has 0 saturated carbocycles. The number of amides is 1. The number of unbranched alkanes of at least 4 members (excludes halogenated alkanes) is 2. The van der Waals surface area contributed by atoms with Gasteiger partial charge in [-0.3, -0.25) is 4.79 Å². The van der Waals surface area contributed by atoms with Gasteiger partial charge >= 0.3 is 0 Å². The van der Waals surface area contributed by atoms with Crippen LogP contribution < -0.4 is 5.32 Å². The molecule has 20 heavy (non-hydrogen) atoms. The van der Waals surface area contributed by atoms with Gasteiger partial charge in [0, 0.05) is 19.6 Å². The van der Waals surface area contributed by atoms with E-state index in [0.29, 0.717) is 6.54 Å². The molecule has 0 atom stereocenters. The van der Waals surface area contributed by atoms with Crippen LogP contribution in [0.25, 0.3) is 0 Å². The molecular weight excluding hydrogens is 280 g/mol. The van der Waals surface area contributed by atoms with Gasteiger partial charge in [-0.25, -0.2) is 12.7 Å². The predicted molar refractivity (Wildman–Crippen MR) is 77.0 cm³/mol. The van der Waals surface area contributed by atoms with E-state index in [4.69, 9.17) is 4.42 Å². The van der Waals surface area contributed by atoms with Crippen LogP contribution in [0.4, 0.5) is 0 Å². The Bertz CT molecular complexity index is 496. The maximum atomic E-state index is 11.6. The summed E-state index contributed by atoms with van der Waals surface area (Å²) < 4.78 is 29.6. The summed E-state index contributed by atoms with van der Waals surface area (Å²) in [6.45, 7) is 3.09. The van der Waals surface area contributed by atoms with Crippen LogP contribution in [-0.4, -0.2) is 44.5 Å². The van der Waals surface area contributed by atoms with Crippen LogP contribution in [0.1, 0.15) is 36.7 Å². The smallest absolute Gasteiger partial charge is 0.287 e. The minimum atomic E-state index is -3.24. The number of carbonyl (C=O) groups is 1. The number of nitrogens with one attached hydrogen (secondary N) is 1. The van der Waals surface area contributed by atoms with Crippen molar-refractivity contribution in [2.45, 2.75) is 26.2 Å². The van der Waals surface area contributed by atoms with Crippen LogP contribution in [-0.2, 0) is 10.0 Å².